The zero-order chi connectivity index (χ0) is 45.0. The van der Waals surface area contributed by atoms with Gasteiger partial charge in [0.05, 0.1) is 39.9 Å². The van der Waals surface area contributed by atoms with Gasteiger partial charge >= 0.3 is 7.82 Å². The minimum atomic E-state index is -4.32. The molecular weight excluding hydrogens is 780 g/mol. The number of aliphatic hydroxyl groups is 1. The highest BCUT2D eigenvalue weighted by molar-refractivity contribution is 7.47. The Kier molecular flexibility index (Phi) is 43.5. The fraction of sp³-hybridized carbons (Fsp3) is 0.904. The van der Waals surface area contributed by atoms with Crippen LogP contribution in [-0.2, 0) is 18.4 Å². The molecule has 0 aliphatic carbocycles. The number of carbonyl (C=O) groups excluding carboxylic acids is 1. The molecule has 0 rings (SSSR count). The first-order valence-corrected chi connectivity index (χ1v) is 27.7. The highest BCUT2D eigenvalue weighted by Crippen LogP contribution is 2.43. The average molecular weight is 884 g/mol. The van der Waals surface area contributed by atoms with E-state index < -0.39 is 20.0 Å². The van der Waals surface area contributed by atoms with Gasteiger partial charge in [-0.15, -0.1) is 0 Å². The first-order valence-electron chi connectivity index (χ1n) is 26.2. The summed E-state index contributed by atoms with van der Waals surface area (Å²) in [5, 5.41) is 14.0. The fourth-order valence-corrected chi connectivity index (χ4v) is 8.52. The van der Waals surface area contributed by atoms with E-state index in [1.54, 1.807) is 0 Å². The van der Waals surface area contributed by atoms with Gasteiger partial charge in [-0.1, -0.05) is 224 Å². The number of quaternary nitrogens is 1. The monoisotopic (exact) mass is 884 g/mol. The van der Waals surface area contributed by atoms with E-state index in [0.717, 1.165) is 44.9 Å². The highest BCUT2D eigenvalue weighted by atomic mass is 31.2. The zero-order valence-electron chi connectivity index (χ0n) is 41.2. The summed E-state index contributed by atoms with van der Waals surface area (Å²) in [6.07, 6.45) is 53.5. The molecule has 0 saturated heterocycles. The van der Waals surface area contributed by atoms with Crippen LogP contribution in [0.15, 0.2) is 24.3 Å². The number of nitrogens with one attached hydrogen (secondary N) is 1. The van der Waals surface area contributed by atoms with E-state index in [2.05, 4.69) is 43.5 Å². The molecule has 61 heavy (non-hydrogen) atoms. The Bertz CT molecular complexity index is 1050. The Morgan fingerprint density at radius 1 is 0.557 bits per heavy atom. The van der Waals surface area contributed by atoms with Crippen molar-refractivity contribution in [3.8, 4) is 0 Å². The molecule has 8 nitrogen and oxygen atoms in total. The lowest BCUT2D eigenvalue weighted by Gasteiger charge is -2.26. The van der Waals surface area contributed by atoms with Crippen molar-refractivity contribution < 1.29 is 32.9 Å². The molecular formula is C52H104N2O6P+. The van der Waals surface area contributed by atoms with Gasteiger partial charge in [-0.2, -0.15) is 0 Å². The first kappa shape index (κ1) is 60.0. The zero-order valence-corrected chi connectivity index (χ0v) is 42.1. The molecule has 0 aromatic heterocycles. The molecule has 0 aliphatic rings. The third kappa shape index (κ3) is 46.8. The third-order valence-electron chi connectivity index (χ3n) is 12.0. The van der Waals surface area contributed by atoms with Crippen LogP contribution < -0.4 is 5.32 Å². The summed E-state index contributed by atoms with van der Waals surface area (Å²) in [6, 6.07) is -0.761. The van der Waals surface area contributed by atoms with Crippen molar-refractivity contribution in [3.63, 3.8) is 0 Å². The molecule has 0 aromatic carbocycles. The van der Waals surface area contributed by atoms with E-state index >= 15 is 0 Å². The average Bonchev–Trinajstić information content (AvgIpc) is 3.21. The predicted molar refractivity (Wildman–Crippen MR) is 263 cm³/mol. The van der Waals surface area contributed by atoms with Gasteiger partial charge < -0.3 is 19.8 Å². The summed E-state index contributed by atoms with van der Waals surface area (Å²) in [6.45, 7) is 4.90. The maximum Gasteiger partial charge on any atom is 0.472 e. The number of rotatable bonds is 48. The van der Waals surface area contributed by atoms with Crippen molar-refractivity contribution in [1.29, 1.82) is 0 Å². The molecule has 3 N–H and O–H groups in total. The summed E-state index contributed by atoms with van der Waals surface area (Å²) in [7, 11) is 1.62. The molecule has 0 radical (unpaired) electrons. The quantitative estimate of drug-likeness (QED) is 0.0243. The van der Waals surface area contributed by atoms with Gasteiger partial charge in [0.25, 0.3) is 0 Å². The highest BCUT2D eigenvalue weighted by Gasteiger charge is 2.28. The SMILES string of the molecule is CCCCCCC/C=C\C/C=C\CCCCCCCCCCCC(=O)NC(COP(=O)(O)OCC[N+](C)(C)C)C(O)CCCCCCCCCCCCCCCCCCCC. The Morgan fingerprint density at radius 3 is 1.34 bits per heavy atom. The smallest absolute Gasteiger partial charge is 0.391 e. The summed E-state index contributed by atoms with van der Waals surface area (Å²) in [5.41, 5.74) is 0. The van der Waals surface area contributed by atoms with Crippen LogP contribution >= 0.6 is 7.82 Å². The molecule has 3 unspecified atom stereocenters. The van der Waals surface area contributed by atoms with E-state index in [0.29, 0.717) is 23.9 Å². The Hall–Kier alpha value is -1.02. The number of allylic oxidation sites excluding steroid dienone is 4. The Balaban J connectivity index is 4.25. The molecule has 0 spiro atoms. The first-order chi connectivity index (χ1) is 29.5. The van der Waals surface area contributed by atoms with Crippen LogP contribution in [0.2, 0.25) is 0 Å². The Labute approximate surface area is 379 Å². The molecule has 9 heteroatoms. The van der Waals surface area contributed by atoms with Gasteiger partial charge in [0, 0.05) is 6.42 Å². The van der Waals surface area contributed by atoms with Crippen molar-refractivity contribution in [1.82, 2.24) is 5.32 Å². The third-order valence-corrected chi connectivity index (χ3v) is 12.9. The number of hydrogen-bond acceptors (Lipinski definition) is 5. The number of unbranched alkanes of at least 4 members (excludes halogenated alkanes) is 31. The van der Waals surface area contributed by atoms with Crippen LogP contribution in [0, 0.1) is 0 Å². The van der Waals surface area contributed by atoms with Crippen LogP contribution in [0.1, 0.15) is 251 Å². The van der Waals surface area contributed by atoms with Crippen LogP contribution in [0.3, 0.4) is 0 Å². The largest absolute Gasteiger partial charge is 0.472 e. The maximum absolute atomic E-state index is 13.0. The molecule has 0 fully saturated rings. The van der Waals surface area contributed by atoms with Gasteiger partial charge in [0.15, 0.2) is 0 Å². The number of carbonyl (C=O) groups is 1. The van der Waals surface area contributed by atoms with E-state index in [1.807, 2.05) is 21.1 Å². The normalized spacial score (nSPS) is 14.3. The van der Waals surface area contributed by atoms with Crippen LogP contribution in [0.4, 0.5) is 0 Å². The molecule has 0 saturated carbocycles. The minimum absolute atomic E-state index is 0.0748. The molecule has 0 aromatic rings. The Morgan fingerprint density at radius 2 is 0.934 bits per heavy atom. The lowest BCUT2D eigenvalue weighted by molar-refractivity contribution is -0.870. The number of nitrogens with zero attached hydrogens (tertiary/aromatic N) is 1. The fourth-order valence-electron chi connectivity index (χ4n) is 7.78. The number of aliphatic hydroxyl groups excluding tert-OH is 1. The summed E-state index contributed by atoms with van der Waals surface area (Å²) in [4.78, 5) is 23.3. The van der Waals surface area contributed by atoms with Crippen molar-refractivity contribution in [2.24, 2.45) is 0 Å². The van der Waals surface area contributed by atoms with Gasteiger partial charge in [-0.05, 0) is 44.9 Å². The number of hydrogen-bond donors (Lipinski definition) is 3. The van der Waals surface area contributed by atoms with Crippen LogP contribution in [0.25, 0.3) is 0 Å². The van der Waals surface area contributed by atoms with Gasteiger partial charge in [0.1, 0.15) is 13.2 Å². The summed E-state index contributed by atoms with van der Waals surface area (Å²) in [5.74, 6) is -0.146. The number of amides is 1. The van der Waals surface area contributed by atoms with Crippen LogP contribution in [0.5, 0.6) is 0 Å². The molecule has 1 amide bonds. The number of phosphoric acid groups is 1. The predicted octanol–water partition coefficient (Wildman–Crippen LogP) is 15.3. The van der Waals surface area contributed by atoms with E-state index in [4.69, 9.17) is 9.05 Å². The molecule has 0 heterocycles. The second kappa shape index (κ2) is 44.2. The number of phosphoric ester groups is 1. The lowest BCUT2D eigenvalue weighted by atomic mass is 10.0. The topological polar surface area (TPSA) is 105 Å². The number of likely N-dealkylation sites (N-methyl/N-ethyl adjacent to an activating group) is 1. The summed E-state index contributed by atoms with van der Waals surface area (Å²) < 4.78 is 23.7. The van der Waals surface area contributed by atoms with Crippen molar-refractivity contribution in [2.45, 2.75) is 264 Å². The van der Waals surface area contributed by atoms with Gasteiger partial charge in [-0.3, -0.25) is 13.8 Å². The van der Waals surface area contributed by atoms with Crippen molar-refractivity contribution >= 4 is 13.7 Å². The standard InChI is InChI=1S/C52H103N2O6P/c1-6-8-10-12-14-16-18-20-22-24-26-27-28-30-32-34-36-38-40-42-44-46-52(56)53-50(49-60-61(57,58)59-48-47-54(3,4)5)51(55)45-43-41-39-37-35-33-31-29-25-23-21-19-17-15-13-11-9-7-2/h18,20,24,26,50-51,55H,6-17,19,21-23,25,27-49H2,1-5H3,(H-,53,56,57,58)/p+1/b20-18-,26-24-. The van der Waals surface area contributed by atoms with Crippen molar-refractivity contribution in [3.05, 3.63) is 24.3 Å². The summed E-state index contributed by atoms with van der Waals surface area (Å²) >= 11 is 0. The van der Waals surface area contributed by atoms with Gasteiger partial charge in [-0.25, -0.2) is 4.57 Å². The molecule has 0 bridgehead atoms. The van der Waals surface area contributed by atoms with E-state index in [9.17, 15) is 19.4 Å². The van der Waals surface area contributed by atoms with Crippen molar-refractivity contribution in [2.75, 3.05) is 40.9 Å². The lowest BCUT2D eigenvalue weighted by Crippen LogP contribution is -2.46. The van der Waals surface area contributed by atoms with Crippen LogP contribution in [-0.4, -0.2) is 73.4 Å². The second-order valence-electron chi connectivity index (χ2n) is 19.3. The maximum atomic E-state index is 13.0. The minimum Gasteiger partial charge on any atom is -0.391 e. The second-order valence-corrected chi connectivity index (χ2v) is 20.7. The molecule has 362 valence electrons. The van der Waals surface area contributed by atoms with E-state index in [-0.39, 0.29) is 19.1 Å². The molecule has 0 aliphatic heterocycles. The molecule has 3 atom stereocenters. The van der Waals surface area contributed by atoms with Gasteiger partial charge in [0.2, 0.25) is 5.91 Å². The van der Waals surface area contributed by atoms with E-state index in [1.165, 1.54) is 180 Å².